The van der Waals surface area contributed by atoms with E-state index in [2.05, 4.69) is 0 Å². The highest BCUT2D eigenvalue weighted by Crippen LogP contribution is 2.18. The van der Waals surface area contributed by atoms with Crippen molar-refractivity contribution in [2.45, 2.75) is 44.7 Å². The highest BCUT2D eigenvalue weighted by molar-refractivity contribution is 7.94. The first-order chi connectivity index (χ1) is 11.5. The van der Waals surface area contributed by atoms with E-state index in [1.807, 2.05) is 4.72 Å². The van der Waals surface area contributed by atoms with Crippen molar-refractivity contribution in [3.63, 3.8) is 0 Å². The number of pyridine rings is 1. The zero-order valence-corrected chi connectivity index (χ0v) is 14.5. The molecular weight excluding hydrogens is 365 g/mol. The minimum absolute atomic E-state index is 0.0295. The first kappa shape index (κ1) is 21.0. The Labute approximate surface area is 142 Å². The maximum atomic E-state index is 12.5. The molecule has 1 N–H and O–H groups in total. The molecule has 1 unspecified atom stereocenters. The number of rotatable bonds is 8. The van der Waals surface area contributed by atoms with Crippen LogP contribution in [-0.4, -0.2) is 37.0 Å². The Morgan fingerprint density at radius 1 is 1.36 bits per heavy atom. The third-order valence-corrected chi connectivity index (χ3v) is 4.78. The Bertz CT molecular complexity index is 758. The van der Waals surface area contributed by atoms with Gasteiger partial charge in [-0.1, -0.05) is 13.3 Å². The molecule has 0 fully saturated rings. The van der Waals surface area contributed by atoms with Gasteiger partial charge in [0.15, 0.2) is 5.25 Å². The lowest BCUT2D eigenvalue weighted by molar-refractivity contribution is -0.143. The maximum absolute atomic E-state index is 12.5. The number of hydrogen-bond donors (Lipinski definition) is 1. The molecule has 0 aliphatic rings. The van der Waals surface area contributed by atoms with E-state index in [-0.39, 0.29) is 13.0 Å². The van der Waals surface area contributed by atoms with Gasteiger partial charge in [0.2, 0.25) is 10.0 Å². The molecule has 1 atom stereocenters. The molecule has 1 aromatic heterocycles. The minimum Gasteiger partial charge on any atom is -0.465 e. The average molecular weight is 384 g/mol. The Hall–Kier alpha value is -2.04. The van der Waals surface area contributed by atoms with Gasteiger partial charge >= 0.3 is 12.1 Å². The molecule has 0 aromatic carbocycles. The maximum Gasteiger partial charge on any atom is 0.406 e. The lowest BCUT2D eigenvalue weighted by atomic mass is 10.2. The fraction of sp³-hybridized carbons (Fsp3) is 0.571. The smallest absolute Gasteiger partial charge is 0.406 e. The fourth-order valence-corrected chi connectivity index (χ4v) is 3.53. The number of esters is 1. The van der Waals surface area contributed by atoms with E-state index in [1.54, 1.807) is 6.92 Å². The van der Waals surface area contributed by atoms with Gasteiger partial charge in [0.05, 0.1) is 6.61 Å². The van der Waals surface area contributed by atoms with Crippen molar-refractivity contribution in [1.82, 2.24) is 4.57 Å². The minimum atomic E-state index is -4.64. The second kappa shape index (κ2) is 8.37. The van der Waals surface area contributed by atoms with Gasteiger partial charge in [0.1, 0.15) is 12.2 Å². The molecule has 11 heteroatoms. The van der Waals surface area contributed by atoms with Gasteiger partial charge < -0.3 is 9.30 Å². The van der Waals surface area contributed by atoms with Crippen molar-refractivity contribution in [1.29, 1.82) is 0 Å². The van der Waals surface area contributed by atoms with Gasteiger partial charge in [-0.2, -0.15) is 13.2 Å². The predicted octanol–water partition coefficient (Wildman–Crippen LogP) is 1.88. The molecule has 142 valence electrons. The number of sulfonamides is 1. The van der Waals surface area contributed by atoms with Crippen LogP contribution < -0.4 is 10.3 Å². The van der Waals surface area contributed by atoms with Crippen molar-refractivity contribution < 1.29 is 31.1 Å². The van der Waals surface area contributed by atoms with Crippen LogP contribution in [0.2, 0.25) is 0 Å². The van der Waals surface area contributed by atoms with E-state index in [0.29, 0.717) is 11.0 Å². The van der Waals surface area contributed by atoms with Gasteiger partial charge in [-0.05, 0) is 25.5 Å². The number of hydrogen-bond acceptors (Lipinski definition) is 5. The number of carbonyl (C=O) groups excluding carboxylic acids is 1. The third-order valence-electron chi connectivity index (χ3n) is 3.10. The summed E-state index contributed by atoms with van der Waals surface area (Å²) >= 11 is 0. The molecule has 7 nitrogen and oxygen atoms in total. The van der Waals surface area contributed by atoms with E-state index in [1.165, 1.54) is 6.92 Å². The number of carbonyl (C=O) groups is 1. The zero-order valence-electron chi connectivity index (χ0n) is 13.7. The van der Waals surface area contributed by atoms with Gasteiger partial charge in [0.25, 0.3) is 5.56 Å². The van der Waals surface area contributed by atoms with Crippen LogP contribution in [0.25, 0.3) is 0 Å². The molecule has 0 radical (unpaired) electrons. The highest BCUT2D eigenvalue weighted by atomic mass is 32.2. The summed E-state index contributed by atoms with van der Waals surface area (Å²) in [5.41, 5.74) is -1.74. The van der Waals surface area contributed by atoms with Crippen molar-refractivity contribution in [2.24, 2.45) is 0 Å². The quantitative estimate of drug-likeness (QED) is 0.691. The summed E-state index contributed by atoms with van der Waals surface area (Å²) in [6.07, 6.45) is -3.46. The normalized spacial score (nSPS) is 13.3. The molecule has 1 heterocycles. The number of nitrogens with one attached hydrogen (secondary N) is 1. The van der Waals surface area contributed by atoms with E-state index in [9.17, 15) is 31.2 Å². The van der Waals surface area contributed by atoms with Crippen LogP contribution in [0.3, 0.4) is 0 Å². The number of alkyl halides is 3. The molecule has 1 rings (SSSR count). The first-order valence-corrected chi connectivity index (χ1v) is 9.01. The summed E-state index contributed by atoms with van der Waals surface area (Å²) in [7, 11) is -4.36. The second-order valence-corrected chi connectivity index (χ2v) is 7.01. The molecule has 0 saturated heterocycles. The molecule has 1 aromatic rings. The highest BCUT2D eigenvalue weighted by Gasteiger charge is 2.34. The molecule has 0 spiro atoms. The van der Waals surface area contributed by atoms with Gasteiger partial charge in [-0.3, -0.25) is 14.3 Å². The average Bonchev–Trinajstić information content (AvgIpc) is 2.47. The van der Waals surface area contributed by atoms with Crippen LogP contribution in [0, 0.1) is 0 Å². The molecular formula is C14H19F3N2O5S. The summed E-state index contributed by atoms with van der Waals surface area (Å²) in [4.78, 5) is 23.9. The van der Waals surface area contributed by atoms with E-state index < -0.39 is 45.2 Å². The number of nitrogens with zero attached hydrogens (tertiary/aromatic N) is 1. The molecule has 25 heavy (non-hydrogen) atoms. The van der Waals surface area contributed by atoms with Crippen LogP contribution in [0.15, 0.2) is 23.1 Å². The monoisotopic (exact) mass is 384 g/mol. The van der Waals surface area contributed by atoms with Gasteiger partial charge in [-0.25, -0.2) is 8.42 Å². The first-order valence-electron chi connectivity index (χ1n) is 7.46. The lowest BCUT2D eigenvalue weighted by Crippen LogP contribution is -2.38. The summed E-state index contributed by atoms with van der Waals surface area (Å²) in [5, 5.41) is -1.56. The third kappa shape index (κ3) is 6.07. The van der Waals surface area contributed by atoms with Gasteiger partial charge in [-0.15, -0.1) is 0 Å². The molecule has 0 amide bonds. The Kier molecular flexibility index (Phi) is 7.03. The van der Waals surface area contributed by atoms with Crippen LogP contribution in [-0.2, 0) is 26.1 Å². The Morgan fingerprint density at radius 2 is 2.00 bits per heavy atom. The van der Waals surface area contributed by atoms with Crippen molar-refractivity contribution in [3.05, 3.63) is 28.7 Å². The predicted molar refractivity (Wildman–Crippen MR) is 84.6 cm³/mol. The van der Waals surface area contributed by atoms with E-state index >= 15 is 0 Å². The van der Waals surface area contributed by atoms with E-state index in [4.69, 9.17) is 4.74 Å². The number of ether oxygens (including phenoxy) is 1. The fourth-order valence-electron chi connectivity index (χ4n) is 2.05. The number of anilines is 1. The topological polar surface area (TPSA) is 94.5 Å². The molecule has 0 saturated carbocycles. The van der Waals surface area contributed by atoms with Crippen LogP contribution >= 0.6 is 0 Å². The van der Waals surface area contributed by atoms with Crippen LogP contribution in [0.5, 0.6) is 0 Å². The lowest BCUT2D eigenvalue weighted by Gasteiger charge is -2.17. The number of aromatic nitrogens is 1. The molecule has 0 aliphatic carbocycles. The van der Waals surface area contributed by atoms with Crippen molar-refractivity contribution >= 4 is 21.7 Å². The SMILES string of the molecule is CCCC(C(=O)OCC)S(=O)(=O)Nc1cccn(CC(F)(F)F)c1=O. The van der Waals surface area contributed by atoms with Crippen molar-refractivity contribution in [2.75, 3.05) is 11.3 Å². The van der Waals surface area contributed by atoms with Crippen LogP contribution in [0.1, 0.15) is 26.7 Å². The summed E-state index contributed by atoms with van der Waals surface area (Å²) in [6.45, 7) is 1.57. The summed E-state index contributed by atoms with van der Waals surface area (Å²) in [6, 6.07) is 2.13. The van der Waals surface area contributed by atoms with Crippen LogP contribution in [0.4, 0.5) is 18.9 Å². The molecule has 0 aliphatic heterocycles. The largest absolute Gasteiger partial charge is 0.465 e. The Morgan fingerprint density at radius 3 is 2.52 bits per heavy atom. The Balaban J connectivity index is 3.16. The van der Waals surface area contributed by atoms with Gasteiger partial charge in [0, 0.05) is 6.20 Å². The zero-order chi connectivity index (χ0) is 19.3. The second-order valence-electron chi connectivity index (χ2n) is 5.15. The number of halogens is 3. The molecule has 0 bridgehead atoms. The summed E-state index contributed by atoms with van der Waals surface area (Å²) in [5.74, 6) is -0.983. The van der Waals surface area contributed by atoms with E-state index in [0.717, 1.165) is 18.3 Å². The summed E-state index contributed by atoms with van der Waals surface area (Å²) < 4.78 is 69.0. The standard InChI is InChI=1S/C14H19F3N2O5S/c1-3-6-11(13(21)24-4-2)25(22,23)18-10-7-5-8-19(12(10)20)9-14(15,16)17/h5,7-8,11,18H,3-4,6,9H2,1-2H3. The van der Waals surface area contributed by atoms with Crippen molar-refractivity contribution in [3.8, 4) is 0 Å².